The lowest BCUT2D eigenvalue weighted by Gasteiger charge is -2.07. The van der Waals surface area contributed by atoms with E-state index in [-0.39, 0.29) is 5.92 Å². The van der Waals surface area contributed by atoms with E-state index in [0.29, 0.717) is 6.42 Å². The molecule has 3 heteroatoms. The number of furan rings is 1. The lowest BCUT2D eigenvalue weighted by molar-refractivity contribution is 0.501. The SMILES string of the molecule is N#CC(Cc1ccco1)c1ccc(Br)cc1. The van der Waals surface area contributed by atoms with Crippen molar-refractivity contribution in [3.05, 3.63) is 58.5 Å². The molecule has 1 aromatic heterocycles. The average Bonchev–Trinajstić information content (AvgIpc) is 2.80. The van der Waals surface area contributed by atoms with E-state index < -0.39 is 0 Å². The van der Waals surface area contributed by atoms with Crippen LogP contribution >= 0.6 is 15.9 Å². The van der Waals surface area contributed by atoms with Gasteiger partial charge in [0.15, 0.2) is 0 Å². The van der Waals surface area contributed by atoms with Crippen molar-refractivity contribution in [3.63, 3.8) is 0 Å². The molecule has 0 aliphatic rings. The van der Waals surface area contributed by atoms with Gasteiger partial charge in [0.1, 0.15) is 5.76 Å². The number of hydrogen-bond acceptors (Lipinski definition) is 2. The quantitative estimate of drug-likeness (QED) is 0.852. The van der Waals surface area contributed by atoms with E-state index in [9.17, 15) is 0 Å². The van der Waals surface area contributed by atoms with Crippen molar-refractivity contribution >= 4 is 15.9 Å². The number of rotatable bonds is 3. The van der Waals surface area contributed by atoms with E-state index >= 15 is 0 Å². The van der Waals surface area contributed by atoms with Crippen LogP contribution in [0.25, 0.3) is 0 Å². The summed E-state index contributed by atoms with van der Waals surface area (Å²) in [6, 6.07) is 13.8. The van der Waals surface area contributed by atoms with Gasteiger partial charge in [-0.25, -0.2) is 0 Å². The largest absolute Gasteiger partial charge is 0.469 e. The van der Waals surface area contributed by atoms with Gasteiger partial charge in [-0.05, 0) is 29.8 Å². The highest BCUT2D eigenvalue weighted by atomic mass is 79.9. The van der Waals surface area contributed by atoms with Crippen molar-refractivity contribution in [1.29, 1.82) is 5.26 Å². The second-order valence-corrected chi connectivity index (χ2v) is 4.43. The topological polar surface area (TPSA) is 36.9 Å². The molecule has 1 atom stereocenters. The number of nitrogens with zero attached hydrogens (tertiary/aromatic N) is 1. The number of benzene rings is 1. The predicted molar refractivity (Wildman–Crippen MR) is 64.9 cm³/mol. The van der Waals surface area contributed by atoms with Crippen LogP contribution in [0.15, 0.2) is 51.6 Å². The van der Waals surface area contributed by atoms with Gasteiger partial charge >= 0.3 is 0 Å². The van der Waals surface area contributed by atoms with Crippen molar-refractivity contribution in [1.82, 2.24) is 0 Å². The Labute approximate surface area is 103 Å². The summed E-state index contributed by atoms with van der Waals surface area (Å²) < 4.78 is 6.27. The standard InChI is InChI=1S/C13H10BrNO/c14-12-5-3-10(4-6-12)11(9-15)8-13-2-1-7-16-13/h1-7,11H,8H2. The average molecular weight is 276 g/mol. The van der Waals surface area contributed by atoms with Gasteiger partial charge in [-0.2, -0.15) is 5.26 Å². The first kappa shape index (κ1) is 11.0. The molecule has 2 aromatic rings. The van der Waals surface area contributed by atoms with Gasteiger partial charge < -0.3 is 4.42 Å². The van der Waals surface area contributed by atoms with Crippen LogP contribution in [0.1, 0.15) is 17.2 Å². The van der Waals surface area contributed by atoms with E-state index in [1.165, 1.54) is 0 Å². The fourth-order valence-corrected chi connectivity index (χ4v) is 1.83. The molecule has 80 valence electrons. The van der Waals surface area contributed by atoms with Gasteiger partial charge in [0.05, 0.1) is 18.3 Å². The summed E-state index contributed by atoms with van der Waals surface area (Å²) in [6.07, 6.45) is 2.25. The van der Waals surface area contributed by atoms with Crippen molar-refractivity contribution in [2.45, 2.75) is 12.3 Å². The molecule has 0 aliphatic heterocycles. The molecule has 2 rings (SSSR count). The molecule has 1 aromatic carbocycles. The van der Waals surface area contributed by atoms with Gasteiger partial charge in [0.25, 0.3) is 0 Å². The van der Waals surface area contributed by atoms with Crippen molar-refractivity contribution < 1.29 is 4.42 Å². The summed E-state index contributed by atoms with van der Waals surface area (Å²) in [7, 11) is 0. The predicted octanol–water partition coefficient (Wildman–Crippen LogP) is 3.89. The zero-order chi connectivity index (χ0) is 11.4. The monoisotopic (exact) mass is 275 g/mol. The van der Waals surface area contributed by atoms with Crippen LogP contribution in [-0.2, 0) is 6.42 Å². The van der Waals surface area contributed by atoms with Gasteiger partial charge in [0.2, 0.25) is 0 Å². The summed E-state index contributed by atoms with van der Waals surface area (Å²) >= 11 is 3.38. The Kier molecular flexibility index (Phi) is 3.43. The van der Waals surface area contributed by atoms with E-state index in [1.807, 2.05) is 36.4 Å². The molecule has 0 saturated carbocycles. The smallest absolute Gasteiger partial charge is 0.105 e. The highest BCUT2D eigenvalue weighted by Crippen LogP contribution is 2.22. The van der Waals surface area contributed by atoms with E-state index in [2.05, 4.69) is 22.0 Å². The van der Waals surface area contributed by atoms with Gasteiger partial charge in [-0.15, -0.1) is 0 Å². The molecule has 0 N–H and O–H groups in total. The highest BCUT2D eigenvalue weighted by Gasteiger charge is 2.12. The van der Waals surface area contributed by atoms with Gasteiger partial charge in [-0.3, -0.25) is 0 Å². The molecular formula is C13H10BrNO. The molecular weight excluding hydrogens is 266 g/mol. The third-order valence-electron chi connectivity index (χ3n) is 2.41. The molecule has 0 radical (unpaired) electrons. The Bertz CT molecular complexity index is 482. The molecule has 0 aliphatic carbocycles. The van der Waals surface area contributed by atoms with E-state index in [1.54, 1.807) is 6.26 Å². The van der Waals surface area contributed by atoms with E-state index in [0.717, 1.165) is 15.8 Å². The molecule has 0 spiro atoms. The first-order valence-corrected chi connectivity index (χ1v) is 5.76. The maximum atomic E-state index is 9.14. The molecule has 0 saturated heterocycles. The van der Waals surface area contributed by atoms with Crippen LogP contribution < -0.4 is 0 Å². The van der Waals surface area contributed by atoms with E-state index in [4.69, 9.17) is 9.68 Å². The molecule has 0 amide bonds. The molecule has 16 heavy (non-hydrogen) atoms. The van der Waals surface area contributed by atoms with Crippen LogP contribution in [0.5, 0.6) is 0 Å². The molecule has 2 nitrogen and oxygen atoms in total. The Morgan fingerprint density at radius 1 is 1.25 bits per heavy atom. The van der Waals surface area contributed by atoms with Crippen molar-refractivity contribution in [3.8, 4) is 6.07 Å². The Hall–Kier alpha value is -1.53. The third-order valence-corrected chi connectivity index (χ3v) is 2.94. The second-order valence-electron chi connectivity index (χ2n) is 3.52. The highest BCUT2D eigenvalue weighted by molar-refractivity contribution is 9.10. The third kappa shape index (κ3) is 2.53. The van der Waals surface area contributed by atoms with Crippen LogP contribution in [0, 0.1) is 11.3 Å². The summed E-state index contributed by atoms with van der Waals surface area (Å²) in [4.78, 5) is 0. The fourth-order valence-electron chi connectivity index (χ4n) is 1.56. The zero-order valence-electron chi connectivity index (χ0n) is 8.56. The van der Waals surface area contributed by atoms with Gasteiger partial charge in [0, 0.05) is 10.9 Å². The minimum Gasteiger partial charge on any atom is -0.469 e. The fraction of sp³-hybridized carbons (Fsp3) is 0.154. The maximum absolute atomic E-state index is 9.14. The molecule has 0 bridgehead atoms. The minimum absolute atomic E-state index is 0.153. The molecule has 1 heterocycles. The summed E-state index contributed by atoms with van der Waals surface area (Å²) in [5.74, 6) is 0.689. The first-order chi connectivity index (χ1) is 7.79. The first-order valence-electron chi connectivity index (χ1n) is 4.97. The van der Waals surface area contributed by atoms with Crippen molar-refractivity contribution in [2.75, 3.05) is 0 Å². The summed E-state index contributed by atoms with van der Waals surface area (Å²) in [6.45, 7) is 0. The minimum atomic E-state index is -0.153. The Morgan fingerprint density at radius 3 is 2.56 bits per heavy atom. The van der Waals surface area contributed by atoms with Crippen LogP contribution in [-0.4, -0.2) is 0 Å². The maximum Gasteiger partial charge on any atom is 0.105 e. The lowest BCUT2D eigenvalue weighted by Crippen LogP contribution is -1.99. The number of hydrogen-bond donors (Lipinski definition) is 0. The zero-order valence-corrected chi connectivity index (χ0v) is 10.1. The normalized spacial score (nSPS) is 12.0. The summed E-state index contributed by atoms with van der Waals surface area (Å²) in [5, 5.41) is 9.14. The van der Waals surface area contributed by atoms with Gasteiger partial charge in [-0.1, -0.05) is 28.1 Å². The second kappa shape index (κ2) is 5.00. The molecule has 1 unspecified atom stereocenters. The van der Waals surface area contributed by atoms with Crippen molar-refractivity contribution in [2.24, 2.45) is 0 Å². The van der Waals surface area contributed by atoms with Crippen LogP contribution in [0.3, 0.4) is 0 Å². The lowest BCUT2D eigenvalue weighted by atomic mass is 9.96. The summed E-state index contributed by atoms with van der Waals surface area (Å²) in [5.41, 5.74) is 1.02. The number of halogens is 1. The Morgan fingerprint density at radius 2 is 2.00 bits per heavy atom. The Balaban J connectivity index is 2.17. The molecule has 0 fully saturated rings. The van der Waals surface area contributed by atoms with Crippen LogP contribution in [0.4, 0.5) is 0 Å². The van der Waals surface area contributed by atoms with Crippen LogP contribution in [0.2, 0.25) is 0 Å². The number of nitriles is 1.